The minimum atomic E-state index is -0.482. The van der Waals surface area contributed by atoms with Crippen molar-refractivity contribution in [3.05, 3.63) is 29.1 Å². The Morgan fingerprint density at radius 3 is 2.75 bits per heavy atom. The van der Waals surface area contributed by atoms with Crippen LogP contribution in [0.15, 0.2) is 18.2 Å². The number of hydrogen-bond acceptors (Lipinski definition) is 4. The zero-order chi connectivity index (χ0) is 14.3. The van der Waals surface area contributed by atoms with Crippen LogP contribution in [0.3, 0.4) is 0 Å². The molecule has 1 aliphatic rings. The molecule has 0 amide bonds. The van der Waals surface area contributed by atoms with E-state index < -0.39 is 5.13 Å². The summed E-state index contributed by atoms with van der Waals surface area (Å²) in [5, 5.41) is -0.334. The smallest absolute Gasteiger partial charge is 0.206 e. The van der Waals surface area contributed by atoms with Gasteiger partial charge in [0.25, 0.3) is 0 Å². The van der Waals surface area contributed by atoms with E-state index in [2.05, 4.69) is 11.9 Å². The summed E-state index contributed by atoms with van der Waals surface area (Å²) in [6.07, 6.45) is 2.14. The summed E-state index contributed by atoms with van der Waals surface area (Å²) in [6, 6.07) is 5.06. The lowest BCUT2D eigenvalue weighted by Crippen LogP contribution is -2.27. The van der Waals surface area contributed by atoms with Crippen molar-refractivity contribution >= 4 is 22.2 Å². The van der Waals surface area contributed by atoms with Gasteiger partial charge in [-0.3, -0.25) is 0 Å². The Bertz CT molecular complexity index is 641. The van der Waals surface area contributed by atoms with Crippen molar-refractivity contribution in [1.82, 2.24) is 4.98 Å². The van der Waals surface area contributed by atoms with Crippen LogP contribution in [0.2, 0.25) is 0 Å². The first kappa shape index (κ1) is 13.3. The predicted molar refractivity (Wildman–Crippen MR) is 77.9 cm³/mol. The number of rotatable bonds is 2. The third-order valence-corrected chi connectivity index (χ3v) is 4.36. The normalized spacial score (nSPS) is 18.8. The maximum absolute atomic E-state index is 14.3. The Hall–Kier alpha value is -1.69. The highest BCUT2D eigenvalue weighted by Crippen LogP contribution is 2.33. The first-order valence-electron chi connectivity index (χ1n) is 6.54. The number of anilines is 2. The molecule has 6 heteroatoms. The molecule has 1 fully saturated rings. The Morgan fingerprint density at radius 1 is 1.40 bits per heavy atom. The van der Waals surface area contributed by atoms with Crippen LogP contribution >= 0.6 is 11.3 Å². The standard InChI is InChI=1S/C14H15F2N3S/c1-8-3-2-6-19(8)11-5-4-9(7-10(11)15)12-13(16)20-14(17)18-12/h4-5,7-8H,2-3,6H2,1H3,(H2,17,18). The second kappa shape index (κ2) is 5.01. The SMILES string of the molecule is CC1CCCN1c1ccc(-c2nc(N)sc2F)cc1F. The number of hydrogen-bond donors (Lipinski definition) is 1. The van der Waals surface area contributed by atoms with Crippen molar-refractivity contribution in [1.29, 1.82) is 0 Å². The molecule has 1 unspecified atom stereocenters. The maximum atomic E-state index is 14.3. The van der Waals surface area contributed by atoms with Gasteiger partial charge in [-0.25, -0.2) is 9.37 Å². The Balaban J connectivity index is 1.97. The maximum Gasteiger partial charge on any atom is 0.206 e. The van der Waals surface area contributed by atoms with E-state index in [4.69, 9.17) is 5.73 Å². The van der Waals surface area contributed by atoms with E-state index in [0.717, 1.165) is 30.7 Å². The molecule has 1 aliphatic heterocycles. The molecule has 2 aromatic rings. The summed E-state index contributed by atoms with van der Waals surface area (Å²) >= 11 is 0.767. The highest BCUT2D eigenvalue weighted by molar-refractivity contribution is 7.14. The molecule has 0 radical (unpaired) electrons. The lowest BCUT2D eigenvalue weighted by atomic mass is 10.1. The van der Waals surface area contributed by atoms with Gasteiger partial charge in [0.2, 0.25) is 5.13 Å². The van der Waals surface area contributed by atoms with Crippen molar-refractivity contribution in [2.45, 2.75) is 25.8 Å². The number of aromatic nitrogens is 1. The number of benzene rings is 1. The fourth-order valence-electron chi connectivity index (χ4n) is 2.67. The van der Waals surface area contributed by atoms with Crippen molar-refractivity contribution in [3.8, 4) is 11.3 Å². The topological polar surface area (TPSA) is 42.2 Å². The van der Waals surface area contributed by atoms with Crippen molar-refractivity contribution in [2.75, 3.05) is 17.2 Å². The number of thiazole rings is 1. The van der Waals surface area contributed by atoms with Gasteiger partial charge in [-0.05, 0) is 31.9 Å². The lowest BCUT2D eigenvalue weighted by Gasteiger charge is -2.24. The van der Waals surface area contributed by atoms with Crippen LogP contribution in [-0.4, -0.2) is 17.6 Å². The molecule has 0 bridgehead atoms. The van der Waals surface area contributed by atoms with Crippen molar-refractivity contribution in [2.24, 2.45) is 0 Å². The van der Waals surface area contributed by atoms with E-state index in [1.54, 1.807) is 12.1 Å². The molecule has 3 nitrogen and oxygen atoms in total. The van der Waals surface area contributed by atoms with E-state index >= 15 is 0 Å². The van der Waals surface area contributed by atoms with Gasteiger partial charge < -0.3 is 10.6 Å². The number of nitrogens with two attached hydrogens (primary N) is 1. The molecule has 1 saturated heterocycles. The molecule has 1 atom stereocenters. The van der Waals surface area contributed by atoms with Gasteiger partial charge in [-0.1, -0.05) is 17.4 Å². The minimum Gasteiger partial charge on any atom is -0.375 e. The molecular formula is C14H15F2N3S. The van der Waals surface area contributed by atoms with Crippen LogP contribution < -0.4 is 10.6 Å². The van der Waals surface area contributed by atoms with Crippen LogP contribution in [0.1, 0.15) is 19.8 Å². The van der Waals surface area contributed by atoms with Crippen LogP contribution in [0.5, 0.6) is 0 Å². The Kier molecular flexibility index (Phi) is 3.33. The molecule has 1 aromatic heterocycles. The van der Waals surface area contributed by atoms with Gasteiger partial charge >= 0.3 is 0 Å². The highest BCUT2D eigenvalue weighted by Gasteiger charge is 2.23. The summed E-state index contributed by atoms with van der Waals surface area (Å²) in [4.78, 5) is 5.95. The van der Waals surface area contributed by atoms with Gasteiger partial charge in [0.05, 0.1) is 5.69 Å². The first-order valence-corrected chi connectivity index (χ1v) is 7.36. The van der Waals surface area contributed by atoms with E-state index in [9.17, 15) is 8.78 Å². The van der Waals surface area contributed by atoms with Gasteiger partial charge in [0, 0.05) is 18.2 Å². The summed E-state index contributed by atoms with van der Waals surface area (Å²) in [5.41, 5.74) is 6.58. The fourth-order valence-corrected chi connectivity index (χ4v) is 3.25. The van der Waals surface area contributed by atoms with Crippen LogP contribution in [0.4, 0.5) is 19.6 Å². The quantitative estimate of drug-likeness (QED) is 0.919. The van der Waals surface area contributed by atoms with Gasteiger partial charge in [0.15, 0.2) is 5.13 Å². The van der Waals surface area contributed by atoms with Gasteiger partial charge in [-0.15, -0.1) is 0 Å². The third-order valence-electron chi connectivity index (χ3n) is 3.69. The second-order valence-electron chi connectivity index (χ2n) is 5.03. The first-order chi connectivity index (χ1) is 9.56. The molecule has 1 aromatic carbocycles. The molecule has 0 aliphatic carbocycles. The minimum absolute atomic E-state index is 0.118. The molecular weight excluding hydrogens is 280 g/mol. The van der Waals surface area contributed by atoms with Crippen molar-refractivity contribution in [3.63, 3.8) is 0 Å². The van der Waals surface area contributed by atoms with Crippen molar-refractivity contribution < 1.29 is 8.78 Å². The fraction of sp³-hybridized carbons (Fsp3) is 0.357. The molecule has 2 heterocycles. The van der Waals surface area contributed by atoms with E-state index in [1.165, 1.54) is 6.07 Å². The largest absolute Gasteiger partial charge is 0.375 e. The Morgan fingerprint density at radius 2 is 2.20 bits per heavy atom. The zero-order valence-corrected chi connectivity index (χ0v) is 11.9. The van der Waals surface area contributed by atoms with Crippen LogP contribution in [-0.2, 0) is 0 Å². The van der Waals surface area contributed by atoms with Crippen LogP contribution in [0, 0.1) is 10.9 Å². The predicted octanol–water partition coefficient (Wildman–Crippen LogP) is 3.66. The van der Waals surface area contributed by atoms with E-state index in [0.29, 0.717) is 17.3 Å². The van der Waals surface area contributed by atoms with Crippen LogP contribution in [0.25, 0.3) is 11.3 Å². The summed E-state index contributed by atoms with van der Waals surface area (Å²) in [5.74, 6) is -0.345. The Labute approximate surface area is 120 Å². The zero-order valence-electron chi connectivity index (χ0n) is 11.1. The number of nitrogen functional groups attached to an aromatic ring is 1. The molecule has 106 valence electrons. The molecule has 0 spiro atoms. The monoisotopic (exact) mass is 295 g/mol. The average Bonchev–Trinajstić information content (AvgIpc) is 2.95. The highest BCUT2D eigenvalue weighted by atomic mass is 32.1. The van der Waals surface area contributed by atoms with E-state index in [-0.39, 0.29) is 16.6 Å². The molecule has 3 rings (SSSR count). The third kappa shape index (κ3) is 2.24. The second-order valence-corrected chi connectivity index (χ2v) is 6.01. The summed E-state index contributed by atoms with van der Waals surface area (Å²) < 4.78 is 27.9. The molecule has 2 N–H and O–H groups in total. The van der Waals surface area contributed by atoms with Gasteiger partial charge in [-0.2, -0.15) is 4.39 Å². The number of nitrogens with zero attached hydrogens (tertiary/aromatic N) is 2. The summed E-state index contributed by atoms with van der Waals surface area (Å²) in [6.45, 7) is 2.94. The molecule has 20 heavy (non-hydrogen) atoms. The molecule has 0 saturated carbocycles. The van der Waals surface area contributed by atoms with Gasteiger partial charge in [0.1, 0.15) is 11.5 Å². The van der Waals surface area contributed by atoms with E-state index in [1.807, 2.05) is 4.90 Å². The lowest BCUT2D eigenvalue weighted by molar-refractivity contribution is 0.613. The average molecular weight is 295 g/mol. The summed E-state index contributed by atoms with van der Waals surface area (Å²) in [7, 11) is 0. The number of halogens is 2.